The fourth-order valence-corrected chi connectivity index (χ4v) is 2.20. The largest absolute Gasteiger partial charge is 0.469 e. The number of nitrogen functional groups attached to an aromatic ring is 1. The van der Waals surface area contributed by atoms with E-state index in [2.05, 4.69) is 15.9 Å². The molecular formula is C14H15BrN2O2. The monoisotopic (exact) mass is 322 g/mol. The summed E-state index contributed by atoms with van der Waals surface area (Å²) in [7, 11) is 1.73. The number of hydrogen-bond acceptors (Lipinski definition) is 3. The van der Waals surface area contributed by atoms with Gasteiger partial charge in [-0.3, -0.25) is 4.79 Å². The van der Waals surface area contributed by atoms with Gasteiger partial charge in [-0.15, -0.1) is 0 Å². The van der Waals surface area contributed by atoms with E-state index < -0.39 is 0 Å². The number of benzene rings is 1. The SMILES string of the molecule is CN(C(=O)CCc1ccco1)c1ccc(Br)cc1N. The zero-order valence-corrected chi connectivity index (χ0v) is 12.2. The average molecular weight is 323 g/mol. The van der Waals surface area contributed by atoms with Gasteiger partial charge in [0.05, 0.1) is 17.6 Å². The summed E-state index contributed by atoms with van der Waals surface area (Å²) in [5, 5.41) is 0. The third-order valence-corrected chi connectivity index (χ3v) is 3.38. The molecule has 19 heavy (non-hydrogen) atoms. The summed E-state index contributed by atoms with van der Waals surface area (Å²) in [6.45, 7) is 0. The number of carbonyl (C=O) groups is 1. The van der Waals surface area contributed by atoms with E-state index in [4.69, 9.17) is 10.2 Å². The Hall–Kier alpha value is -1.75. The standard InChI is InChI=1S/C14H15BrN2O2/c1-17(13-6-4-10(15)9-12(13)16)14(18)7-5-11-3-2-8-19-11/h2-4,6,8-9H,5,7,16H2,1H3. The van der Waals surface area contributed by atoms with Crippen LogP contribution < -0.4 is 10.6 Å². The number of nitrogens with two attached hydrogens (primary N) is 1. The Bertz CT molecular complexity index is 567. The van der Waals surface area contributed by atoms with Crippen LogP contribution in [0.1, 0.15) is 12.2 Å². The molecule has 0 unspecified atom stereocenters. The smallest absolute Gasteiger partial charge is 0.227 e. The van der Waals surface area contributed by atoms with Crippen LogP contribution in [0.2, 0.25) is 0 Å². The van der Waals surface area contributed by atoms with Crippen molar-refractivity contribution < 1.29 is 9.21 Å². The van der Waals surface area contributed by atoms with Gasteiger partial charge in [-0.05, 0) is 30.3 Å². The second-order valence-electron chi connectivity index (χ2n) is 4.24. The highest BCUT2D eigenvalue weighted by molar-refractivity contribution is 9.10. The second kappa shape index (κ2) is 5.93. The molecule has 0 fully saturated rings. The number of anilines is 2. The predicted molar refractivity (Wildman–Crippen MR) is 79.0 cm³/mol. The van der Waals surface area contributed by atoms with Crippen molar-refractivity contribution in [1.29, 1.82) is 0 Å². The summed E-state index contributed by atoms with van der Waals surface area (Å²) >= 11 is 3.34. The van der Waals surface area contributed by atoms with E-state index in [0.717, 1.165) is 10.2 Å². The maximum absolute atomic E-state index is 12.1. The highest BCUT2D eigenvalue weighted by Crippen LogP contribution is 2.26. The Balaban J connectivity index is 2.02. The molecular weight excluding hydrogens is 308 g/mol. The van der Waals surface area contributed by atoms with Gasteiger partial charge in [-0.25, -0.2) is 0 Å². The van der Waals surface area contributed by atoms with E-state index in [1.54, 1.807) is 24.3 Å². The lowest BCUT2D eigenvalue weighted by Gasteiger charge is -2.19. The molecule has 0 aliphatic carbocycles. The van der Waals surface area contributed by atoms with Crippen molar-refractivity contribution in [3.63, 3.8) is 0 Å². The number of hydrogen-bond donors (Lipinski definition) is 1. The van der Waals surface area contributed by atoms with Crippen molar-refractivity contribution in [1.82, 2.24) is 0 Å². The minimum absolute atomic E-state index is 0.00502. The van der Waals surface area contributed by atoms with Crippen LogP contribution in [0.5, 0.6) is 0 Å². The van der Waals surface area contributed by atoms with Gasteiger partial charge in [0.25, 0.3) is 0 Å². The molecule has 2 aromatic rings. The zero-order valence-electron chi connectivity index (χ0n) is 10.6. The number of rotatable bonds is 4. The van der Waals surface area contributed by atoms with E-state index in [1.807, 2.05) is 24.3 Å². The summed E-state index contributed by atoms with van der Waals surface area (Å²) in [5.74, 6) is 0.816. The molecule has 1 aromatic heterocycles. The fourth-order valence-electron chi connectivity index (χ4n) is 1.82. The predicted octanol–water partition coefficient (Wildman–Crippen LogP) is 3.22. The molecule has 2 rings (SSSR count). The molecule has 1 amide bonds. The summed E-state index contributed by atoms with van der Waals surface area (Å²) in [5.41, 5.74) is 7.20. The second-order valence-corrected chi connectivity index (χ2v) is 5.15. The maximum Gasteiger partial charge on any atom is 0.227 e. The number of carbonyl (C=O) groups excluding carboxylic acids is 1. The number of halogens is 1. The molecule has 2 N–H and O–H groups in total. The van der Waals surface area contributed by atoms with Gasteiger partial charge in [0.2, 0.25) is 5.91 Å². The first kappa shape index (κ1) is 13.7. The minimum atomic E-state index is 0.00502. The van der Waals surface area contributed by atoms with Crippen LogP contribution in [0.3, 0.4) is 0 Å². The van der Waals surface area contributed by atoms with Crippen molar-refractivity contribution in [2.75, 3.05) is 17.7 Å². The average Bonchev–Trinajstić information content (AvgIpc) is 2.88. The number of aryl methyl sites for hydroxylation is 1. The molecule has 1 aromatic carbocycles. The topological polar surface area (TPSA) is 59.5 Å². The van der Waals surface area contributed by atoms with Crippen molar-refractivity contribution in [2.45, 2.75) is 12.8 Å². The summed E-state index contributed by atoms with van der Waals surface area (Å²) in [6, 6.07) is 9.15. The highest BCUT2D eigenvalue weighted by atomic mass is 79.9. The molecule has 0 aliphatic heterocycles. The minimum Gasteiger partial charge on any atom is -0.469 e. The van der Waals surface area contributed by atoms with Gasteiger partial charge in [0, 0.05) is 24.4 Å². The van der Waals surface area contributed by atoms with Gasteiger partial charge in [0.1, 0.15) is 5.76 Å². The summed E-state index contributed by atoms with van der Waals surface area (Å²) < 4.78 is 6.10. The molecule has 5 heteroatoms. The van der Waals surface area contributed by atoms with Gasteiger partial charge < -0.3 is 15.1 Å². The summed E-state index contributed by atoms with van der Waals surface area (Å²) in [4.78, 5) is 13.7. The molecule has 0 atom stereocenters. The van der Waals surface area contributed by atoms with Crippen LogP contribution in [-0.4, -0.2) is 13.0 Å². The lowest BCUT2D eigenvalue weighted by Crippen LogP contribution is -2.27. The Morgan fingerprint density at radius 3 is 2.84 bits per heavy atom. The van der Waals surface area contributed by atoms with Crippen molar-refractivity contribution in [3.8, 4) is 0 Å². The van der Waals surface area contributed by atoms with Gasteiger partial charge in [-0.2, -0.15) is 0 Å². The Labute approximate surface area is 120 Å². The van der Waals surface area contributed by atoms with Crippen molar-refractivity contribution in [3.05, 3.63) is 46.8 Å². The van der Waals surface area contributed by atoms with E-state index >= 15 is 0 Å². The quantitative estimate of drug-likeness (QED) is 0.879. The zero-order chi connectivity index (χ0) is 13.8. The Morgan fingerprint density at radius 2 is 2.21 bits per heavy atom. The fraction of sp³-hybridized carbons (Fsp3) is 0.214. The van der Waals surface area contributed by atoms with Crippen LogP contribution in [0.25, 0.3) is 0 Å². The van der Waals surface area contributed by atoms with Crippen LogP contribution in [0.15, 0.2) is 45.5 Å². The summed E-state index contributed by atoms with van der Waals surface area (Å²) in [6.07, 6.45) is 2.59. The Kier molecular flexibility index (Phi) is 4.27. The maximum atomic E-state index is 12.1. The van der Waals surface area contributed by atoms with Gasteiger partial charge in [0.15, 0.2) is 0 Å². The third-order valence-electron chi connectivity index (χ3n) is 2.89. The first-order valence-electron chi connectivity index (χ1n) is 5.92. The van der Waals surface area contributed by atoms with Crippen LogP contribution >= 0.6 is 15.9 Å². The van der Waals surface area contributed by atoms with E-state index in [0.29, 0.717) is 24.2 Å². The van der Waals surface area contributed by atoms with Gasteiger partial charge >= 0.3 is 0 Å². The first-order valence-corrected chi connectivity index (χ1v) is 6.71. The number of amides is 1. The highest BCUT2D eigenvalue weighted by Gasteiger charge is 2.14. The first-order chi connectivity index (χ1) is 9.08. The Morgan fingerprint density at radius 1 is 1.42 bits per heavy atom. The van der Waals surface area contributed by atoms with E-state index in [9.17, 15) is 4.79 Å². The third kappa shape index (κ3) is 3.38. The van der Waals surface area contributed by atoms with Crippen molar-refractivity contribution in [2.24, 2.45) is 0 Å². The van der Waals surface area contributed by atoms with Gasteiger partial charge in [-0.1, -0.05) is 15.9 Å². The van der Waals surface area contributed by atoms with Crippen LogP contribution in [-0.2, 0) is 11.2 Å². The number of nitrogens with zero attached hydrogens (tertiary/aromatic N) is 1. The number of furan rings is 1. The normalized spacial score (nSPS) is 10.4. The lowest BCUT2D eigenvalue weighted by atomic mass is 10.2. The van der Waals surface area contributed by atoms with E-state index in [1.165, 1.54) is 0 Å². The lowest BCUT2D eigenvalue weighted by molar-refractivity contribution is -0.118. The molecule has 0 saturated carbocycles. The molecule has 1 heterocycles. The van der Waals surface area contributed by atoms with Crippen LogP contribution in [0, 0.1) is 0 Å². The molecule has 0 saturated heterocycles. The molecule has 0 radical (unpaired) electrons. The molecule has 100 valence electrons. The molecule has 0 spiro atoms. The molecule has 0 aliphatic rings. The van der Waals surface area contributed by atoms with E-state index in [-0.39, 0.29) is 5.91 Å². The van der Waals surface area contributed by atoms with Crippen molar-refractivity contribution >= 4 is 33.2 Å². The molecule has 0 bridgehead atoms. The molecule has 4 nitrogen and oxygen atoms in total. The van der Waals surface area contributed by atoms with Crippen LogP contribution in [0.4, 0.5) is 11.4 Å².